The third-order valence-corrected chi connectivity index (χ3v) is 8.51. The molecule has 7 rings (SSSR count). The first-order valence-corrected chi connectivity index (χ1v) is 14.0. The molecule has 0 spiro atoms. The van der Waals surface area contributed by atoms with Gasteiger partial charge < -0.3 is 5.11 Å². The molecule has 11 heteroatoms. The number of nitrogens with one attached hydrogen (secondary N) is 1. The number of benzene rings is 1. The molecule has 2 saturated heterocycles. The van der Waals surface area contributed by atoms with Crippen LogP contribution in [-0.4, -0.2) is 72.3 Å². The molecule has 212 valence electrons. The summed E-state index contributed by atoms with van der Waals surface area (Å²) < 4.78 is 1.86. The Morgan fingerprint density at radius 1 is 0.929 bits per heavy atom. The van der Waals surface area contributed by atoms with Gasteiger partial charge in [-0.15, -0.1) is 0 Å². The Balaban J connectivity index is 1.03. The summed E-state index contributed by atoms with van der Waals surface area (Å²) >= 11 is 0. The van der Waals surface area contributed by atoms with E-state index in [-0.39, 0.29) is 24.0 Å². The molecule has 3 aromatic heterocycles. The molecular formula is C31H28N6O5. The summed E-state index contributed by atoms with van der Waals surface area (Å²) in [6.07, 6.45) is 4.84. The molecule has 1 unspecified atom stereocenters. The van der Waals surface area contributed by atoms with Crippen LogP contribution in [0.2, 0.25) is 0 Å². The lowest BCUT2D eigenvalue weighted by Crippen LogP contribution is -2.54. The highest BCUT2D eigenvalue weighted by Crippen LogP contribution is 2.37. The maximum Gasteiger partial charge on any atom is 0.262 e. The third-order valence-electron chi connectivity index (χ3n) is 8.51. The van der Waals surface area contributed by atoms with Gasteiger partial charge in [-0.25, -0.2) is 4.52 Å². The summed E-state index contributed by atoms with van der Waals surface area (Å²) in [7, 11) is 0. The number of fused-ring (bicyclic) bond motifs is 2. The van der Waals surface area contributed by atoms with E-state index in [1.54, 1.807) is 24.4 Å². The van der Waals surface area contributed by atoms with Crippen molar-refractivity contribution in [2.75, 3.05) is 13.1 Å². The minimum atomic E-state index is -1.15. The molecule has 0 radical (unpaired) electrons. The zero-order valence-corrected chi connectivity index (χ0v) is 22.7. The van der Waals surface area contributed by atoms with Crippen LogP contribution in [-0.2, 0) is 21.7 Å². The summed E-state index contributed by atoms with van der Waals surface area (Å²) in [5.74, 6) is -2.19. The van der Waals surface area contributed by atoms with Crippen molar-refractivity contribution in [3.63, 3.8) is 0 Å². The fraction of sp³-hybridized carbons (Fsp3) is 0.290. The van der Waals surface area contributed by atoms with Crippen molar-refractivity contribution in [2.24, 2.45) is 0 Å². The molecule has 0 bridgehead atoms. The van der Waals surface area contributed by atoms with Crippen molar-refractivity contribution in [1.29, 1.82) is 0 Å². The average molecular weight is 565 g/mol. The van der Waals surface area contributed by atoms with Gasteiger partial charge in [0.25, 0.3) is 11.8 Å². The molecule has 3 aliphatic heterocycles. The van der Waals surface area contributed by atoms with Crippen LogP contribution >= 0.6 is 0 Å². The highest BCUT2D eigenvalue weighted by atomic mass is 16.3. The standard InChI is InChI=1S/C31H28N6O5/c38-27-9-8-26(28(39)33-27)37-29(40)22-7-5-20(15-23(22)30(37)41)31(42)10-13-35(14-11-31)17-19-4-6-21-16-25(34-36(21)18-19)24-3-1-2-12-32-24/h1-7,12,15-16,18,26,42H,8-11,13-14,17H2,(H,33,38,39). The van der Waals surface area contributed by atoms with Gasteiger partial charge in [-0.05, 0) is 66.8 Å². The van der Waals surface area contributed by atoms with Crippen LogP contribution in [0.4, 0.5) is 0 Å². The quantitative estimate of drug-likeness (QED) is 0.352. The number of hydrogen-bond acceptors (Lipinski definition) is 8. The Morgan fingerprint density at radius 2 is 1.74 bits per heavy atom. The van der Waals surface area contributed by atoms with Crippen LogP contribution in [0, 0.1) is 0 Å². The number of pyridine rings is 2. The number of rotatable bonds is 5. The lowest BCUT2D eigenvalue weighted by atomic mass is 9.83. The van der Waals surface area contributed by atoms with Crippen molar-refractivity contribution in [3.8, 4) is 11.4 Å². The Labute approximate surface area is 240 Å². The maximum absolute atomic E-state index is 13.2. The molecule has 2 fully saturated rings. The molecular weight excluding hydrogens is 536 g/mol. The molecule has 2 N–H and O–H groups in total. The van der Waals surface area contributed by atoms with Crippen molar-refractivity contribution in [3.05, 3.63) is 89.2 Å². The highest BCUT2D eigenvalue weighted by molar-refractivity contribution is 6.23. The lowest BCUT2D eigenvalue weighted by molar-refractivity contribution is -0.136. The summed E-state index contributed by atoms with van der Waals surface area (Å²) in [5, 5.41) is 18.5. The van der Waals surface area contributed by atoms with E-state index in [2.05, 4.69) is 26.4 Å². The summed E-state index contributed by atoms with van der Waals surface area (Å²) in [4.78, 5) is 57.8. The summed E-state index contributed by atoms with van der Waals surface area (Å²) in [6.45, 7) is 1.97. The van der Waals surface area contributed by atoms with Crippen LogP contribution in [0.5, 0.6) is 0 Å². The zero-order valence-electron chi connectivity index (χ0n) is 22.7. The Hall–Kier alpha value is -4.74. The second kappa shape index (κ2) is 9.97. The van der Waals surface area contributed by atoms with E-state index in [1.807, 2.05) is 41.0 Å². The van der Waals surface area contributed by atoms with E-state index in [4.69, 9.17) is 0 Å². The number of piperidine rings is 2. The number of aliphatic hydroxyl groups is 1. The minimum absolute atomic E-state index is 0.0628. The maximum atomic E-state index is 13.2. The molecule has 1 aromatic carbocycles. The monoisotopic (exact) mass is 564 g/mol. The Kier molecular flexibility index (Phi) is 6.21. The topological polar surface area (TPSA) is 137 Å². The van der Waals surface area contributed by atoms with E-state index in [9.17, 15) is 24.3 Å². The molecule has 4 amide bonds. The molecule has 3 aliphatic rings. The summed E-state index contributed by atoms with van der Waals surface area (Å²) in [6, 6.07) is 15.7. The number of aromatic nitrogens is 3. The fourth-order valence-corrected chi connectivity index (χ4v) is 6.15. The van der Waals surface area contributed by atoms with Gasteiger partial charge in [0.2, 0.25) is 11.8 Å². The first kappa shape index (κ1) is 26.2. The van der Waals surface area contributed by atoms with Crippen LogP contribution in [0.1, 0.15) is 57.5 Å². The highest BCUT2D eigenvalue weighted by Gasteiger charge is 2.45. The number of amides is 4. The Morgan fingerprint density at radius 3 is 2.50 bits per heavy atom. The number of nitrogens with zero attached hydrogens (tertiary/aromatic N) is 5. The average Bonchev–Trinajstić information content (AvgIpc) is 3.53. The number of likely N-dealkylation sites (tertiary alicyclic amines) is 1. The molecule has 0 saturated carbocycles. The van der Waals surface area contributed by atoms with Crippen molar-refractivity contribution < 1.29 is 24.3 Å². The van der Waals surface area contributed by atoms with Crippen LogP contribution in [0.25, 0.3) is 16.9 Å². The van der Waals surface area contributed by atoms with Crippen molar-refractivity contribution >= 4 is 29.1 Å². The van der Waals surface area contributed by atoms with Gasteiger partial charge in [-0.1, -0.05) is 18.2 Å². The molecule has 1 atom stereocenters. The van der Waals surface area contributed by atoms with Crippen molar-refractivity contribution in [1.82, 2.24) is 29.7 Å². The fourth-order valence-electron chi connectivity index (χ4n) is 6.15. The van der Waals surface area contributed by atoms with Gasteiger partial charge in [0.05, 0.1) is 27.9 Å². The second-order valence-electron chi connectivity index (χ2n) is 11.2. The Bertz CT molecular complexity index is 1760. The molecule has 4 aromatic rings. The normalized spacial score (nSPS) is 20.7. The van der Waals surface area contributed by atoms with Gasteiger partial charge in [0, 0.05) is 38.4 Å². The van der Waals surface area contributed by atoms with Crippen molar-refractivity contribution in [2.45, 2.75) is 43.9 Å². The van der Waals surface area contributed by atoms with Gasteiger partial charge in [-0.2, -0.15) is 5.10 Å². The molecule has 11 nitrogen and oxygen atoms in total. The van der Waals surface area contributed by atoms with E-state index in [1.165, 1.54) is 0 Å². The van der Waals surface area contributed by atoms with E-state index in [0.29, 0.717) is 38.0 Å². The SMILES string of the molecule is O=C1CCC(N2C(=O)c3ccc(C4(O)CCN(Cc5ccc6cc(-c7ccccn7)nn6c5)CC4)cc3C2=O)C(=O)N1. The molecule has 6 heterocycles. The number of carbonyl (C=O) groups excluding carboxylic acids is 4. The molecule has 42 heavy (non-hydrogen) atoms. The number of hydrogen-bond donors (Lipinski definition) is 2. The summed E-state index contributed by atoms with van der Waals surface area (Å²) in [5.41, 5.74) is 3.51. The van der Waals surface area contributed by atoms with E-state index in [0.717, 1.165) is 27.4 Å². The van der Waals surface area contributed by atoms with Gasteiger partial charge >= 0.3 is 0 Å². The van der Waals surface area contributed by atoms with Crippen LogP contribution in [0.15, 0.2) is 67.0 Å². The third kappa shape index (κ3) is 4.47. The minimum Gasteiger partial charge on any atom is -0.385 e. The predicted octanol–water partition coefficient (Wildman–Crippen LogP) is 2.28. The van der Waals surface area contributed by atoms with Crippen LogP contribution in [0.3, 0.4) is 0 Å². The second-order valence-corrected chi connectivity index (χ2v) is 11.2. The van der Waals surface area contributed by atoms with E-state index >= 15 is 0 Å². The van der Waals surface area contributed by atoms with E-state index < -0.39 is 35.3 Å². The smallest absolute Gasteiger partial charge is 0.262 e. The van der Waals surface area contributed by atoms with Gasteiger partial charge in [0.15, 0.2) is 0 Å². The first-order valence-electron chi connectivity index (χ1n) is 14.0. The largest absolute Gasteiger partial charge is 0.385 e. The zero-order chi connectivity index (χ0) is 29.0. The number of imide groups is 2. The van der Waals surface area contributed by atoms with Gasteiger partial charge in [-0.3, -0.25) is 39.3 Å². The number of carbonyl (C=O) groups is 4. The predicted molar refractivity (Wildman–Crippen MR) is 150 cm³/mol. The first-order chi connectivity index (χ1) is 20.3. The molecule has 0 aliphatic carbocycles. The van der Waals surface area contributed by atoms with Crippen LogP contribution < -0.4 is 5.32 Å². The lowest BCUT2D eigenvalue weighted by Gasteiger charge is -2.38. The van der Waals surface area contributed by atoms with Gasteiger partial charge in [0.1, 0.15) is 11.7 Å².